The second-order valence-corrected chi connectivity index (χ2v) is 15.0. The summed E-state index contributed by atoms with van der Waals surface area (Å²) in [5, 5.41) is 1.43. The van der Waals surface area contributed by atoms with Crippen molar-refractivity contribution in [1.29, 1.82) is 0 Å². The molecule has 4 heteroatoms. The van der Waals surface area contributed by atoms with Crippen LogP contribution in [0.25, 0.3) is 59.2 Å². The minimum absolute atomic E-state index is 0.0657. The zero-order valence-electron chi connectivity index (χ0n) is 25.3. The van der Waals surface area contributed by atoms with Crippen molar-refractivity contribution in [3.05, 3.63) is 136 Å². The van der Waals surface area contributed by atoms with E-state index in [9.17, 15) is 4.79 Å². The van der Waals surface area contributed by atoms with Gasteiger partial charge in [0.15, 0.2) is 6.29 Å². The molecule has 0 spiro atoms. The molecule has 0 fully saturated rings. The van der Waals surface area contributed by atoms with Crippen LogP contribution in [0.1, 0.15) is 52.2 Å². The Balaban J connectivity index is 1.29. The fourth-order valence-electron chi connectivity index (χ4n) is 7.80. The van der Waals surface area contributed by atoms with Crippen LogP contribution in [0, 0.1) is 0 Å². The van der Waals surface area contributed by atoms with E-state index in [-0.39, 0.29) is 5.41 Å². The molecular formula is C41H31NOS2. The largest absolute Gasteiger partial charge is 0.309 e. The van der Waals surface area contributed by atoms with E-state index in [0.29, 0.717) is 0 Å². The molecule has 4 aromatic carbocycles. The standard InChI is InChI=1S/C41H31NOS2/c1-41(2)33-14-7-6-12-30(33)31-17-15-28(23-34(31)41)42-35-22-27(36-19-20-38(45-36)37-18-16-29(24-43)44-37)21-26-11-8-13-32(39(26)35)40(42)25-9-4-3-5-10-25/h3-7,9-10,12,14-24H,8,11,13H2,1-2H3. The molecule has 0 bridgehead atoms. The summed E-state index contributed by atoms with van der Waals surface area (Å²) in [6.45, 7) is 4.73. The first-order chi connectivity index (χ1) is 22.0. The van der Waals surface area contributed by atoms with Gasteiger partial charge in [-0.05, 0) is 112 Å². The van der Waals surface area contributed by atoms with Crippen molar-refractivity contribution in [2.75, 3.05) is 0 Å². The number of hydrogen-bond donors (Lipinski definition) is 0. The van der Waals surface area contributed by atoms with E-state index < -0.39 is 0 Å². The maximum Gasteiger partial charge on any atom is 0.160 e. The van der Waals surface area contributed by atoms with Crippen LogP contribution in [0.3, 0.4) is 0 Å². The van der Waals surface area contributed by atoms with Crippen LogP contribution in [-0.4, -0.2) is 10.9 Å². The minimum atomic E-state index is -0.0657. The fraction of sp³-hybridized carbons (Fsp3) is 0.146. The number of aryl methyl sites for hydroxylation is 2. The molecule has 0 saturated heterocycles. The molecule has 0 aliphatic heterocycles. The lowest BCUT2D eigenvalue weighted by Gasteiger charge is -2.22. The average Bonchev–Trinajstić information content (AvgIpc) is 3.86. The van der Waals surface area contributed by atoms with E-state index in [1.165, 1.54) is 76.5 Å². The number of benzene rings is 4. The Morgan fingerprint density at radius 3 is 2.29 bits per heavy atom. The van der Waals surface area contributed by atoms with Gasteiger partial charge in [0.1, 0.15) is 0 Å². The summed E-state index contributed by atoms with van der Waals surface area (Å²) in [7, 11) is 0. The topological polar surface area (TPSA) is 22.0 Å². The summed E-state index contributed by atoms with van der Waals surface area (Å²) in [5.74, 6) is 0. The normalized spacial score (nSPS) is 14.4. The van der Waals surface area contributed by atoms with Gasteiger partial charge < -0.3 is 4.57 Å². The third-order valence-electron chi connectivity index (χ3n) is 9.87. The molecule has 45 heavy (non-hydrogen) atoms. The summed E-state index contributed by atoms with van der Waals surface area (Å²) >= 11 is 3.37. The molecular weight excluding hydrogens is 587 g/mol. The van der Waals surface area contributed by atoms with Crippen molar-refractivity contribution in [3.8, 4) is 48.3 Å². The van der Waals surface area contributed by atoms with E-state index in [1.54, 1.807) is 11.3 Å². The second-order valence-electron chi connectivity index (χ2n) is 12.8. The van der Waals surface area contributed by atoms with Crippen LogP contribution in [0.5, 0.6) is 0 Å². The van der Waals surface area contributed by atoms with E-state index >= 15 is 0 Å². The Hall–Kier alpha value is -4.51. The fourth-order valence-corrected chi connectivity index (χ4v) is 9.70. The van der Waals surface area contributed by atoms with Crippen molar-refractivity contribution >= 4 is 39.9 Å². The molecule has 2 aliphatic rings. The summed E-state index contributed by atoms with van der Waals surface area (Å²) < 4.78 is 2.56. The maximum absolute atomic E-state index is 11.3. The third kappa shape index (κ3) is 4.02. The quantitative estimate of drug-likeness (QED) is 0.176. The Morgan fingerprint density at radius 1 is 0.689 bits per heavy atom. The monoisotopic (exact) mass is 617 g/mol. The number of nitrogens with zero attached hydrogens (tertiary/aromatic N) is 1. The van der Waals surface area contributed by atoms with Crippen LogP contribution in [0.2, 0.25) is 0 Å². The van der Waals surface area contributed by atoms with Crippen LogP contribution in [-0.2, 0) is 18.3 Å². The third-order valence-corrected chi connectivity index (χ3v) is 12.2. The van der Waals surface area contributed by atoms with Gasteiger partial charge in [-0.2, -0.15) is 0 Å². The van der Waals surface area contributed by atoms with Gasteiger partial charge in [0.2, 0.25) is 0 Å². The molecule has 0 radical (unpaired) electrons. The summed E-state index contributed by atoms with van der Waals surface area (Å²) in [6.07, 6.45) is 4.27. The minimum Gasteiger partial charge on any atom is -0.309 e. The lowest BCUT2D eigenvalue weighted by Crippen LogP contribution is -2.15. The van der Waals surface area contributed by atoms with Crippen LogP contribution < -0.4 is 0 Å². The van der Waals surface area contributed by atoms with Crippen LogP contribution >= 0.6 is 22.7 Å². The lowest BCUT2D eigenvalue weighted by atomic mass is 9.82. The molecule has 0 unspecified atom stereocenters. The molecule has 2 nitrogen and oxygen atoms in total. The Morgan fingerprint density at radius 2 is 1.44 bits per heavy atom. The zero-order valence-corrected chi connectivity index (χ0v) is 26.9. The van der Waals surface area contributed by atoms with Gasteiger partial charge >= 0.3 is 0 Å². The van der Waals surface area contributed by atoms with Crippen molar-refractivity contribution < 1.29 is 4.79 Å². The van der Waals surface area contributed by atoms with Gasteiger partial charge in [-0.1, -0.05) is 74.5 Å². The number of carbonyl (C=O) groups is 1. The number of thiophene rings is 2. The van der Waals surface area contributed by atoms with Crippen LogP contribution in [0.4, 0.5) is 0 Å². The second kappa shape index (κ2) is 10.00. The molecule has 3 aromatic heterocycles. The summed E-state index contributed by atoms with van der Waals surface area (Å²) in [6, 6.07) is 40.3. The molecule has 9 rings (SSSR count). The maximum atomic E-state index is 11.3. The Labute approximate surface area is 271 Å². The predicted octanol–water partition coefficient (Wildman–Crippen LogP) is 11.4. The van der Waals surface area contributed by atoms with Crippen molar-refractivity contribution in [2.45, 2.75) is 38.5 Å². The highest BCUT2D eigenvalue weighted by Gasteiger charge is 2.36. The summed E-state index contributed by atoms with van der Waals surface area (Å²) in [5.41, 5.74) is 14.7. The van der Waals surface area contributed by atoms with E-state index in [1.807, 2.05) is 17.4 Å². The highest BCUT2D eigenvalue weighted by Crippen LogP contribution is 2.50. The van der Waals surface area contributed by atoms with Crippen molar-refractivity contribution in [3.63, 3.8) is 0 Å². The molecule has 2 aliphatic carbocycles. The highest BCUT2D eigenvalue weighted by atomic mass is 32.1. The van der Waals surface area contributed by atoms with E-state index in [0.717, 1.165) is 35.3 Å². The van der Waals surface area contributed by atoms with Gasteiger partial charge in [0, 0.05) is 31.1 Å². The first-order valence-corrected chi connectivity index (χ1v) is 17.3. The summed E-state index contributed by atoms with van der Waals surface area (Å²) in [4.78, 5) is 15.7. The molecule has 218 valence electrons. The number of fused-ring (bicyclic) bond motifs is 3. The Kier molecular flexibility index (Phi) is 5.97. The number of hydrogen-bond acceptors (Lipinski definition) is 3. The van der Waals surface area contributed by atoms with Crippen LogP contribution in [0.15, 0.2) is 109 Å². The molecule has 0 amide bonds. The number of rotatable bonds is 5. The van der Waals surface area contributed by atoms with Gasteiger partial charge in [-0.25, -0.2) is 0 Å². The molecule has 0 atom stereocenters. The predicted molar refractivity (Wildman–Crippen MR) is 190 cm³/mol. The number of aromatic nitrogens is 1. The Bertz CT molecular complexity index is 2300. The molecule has 7 aromatic rings. The lowest BCUT2D eigenvalue weighted by molar-refractivity contribution is 0.112. The SMILES string of the molecule is CC1(C)c2ccccc2-c2ccc(-n3c(-c4ccccc4)c4c5c(cc(-c6ccc(-c7ccc(C=O)s7)s6)cc53)CCC4)cc21. The van der Waals surface area contributed by atoms with Gasteiger partial charge in [0.05, 0.1) is 16.1 Å². The van der Waals surface area contributed by atoms with Crippen molar-refractivity contribution in [1.82, 2.24) is 4.57 Å². The average molecular weight is 618 g/mol. The van der Waals surface area contributed by atoms with Crippen molar-refractivity contribution in [2.24, 2.45) is 0 Å². The highest BCUT2D eigenvalue weighted by molar-refractivity contribution is 7.24. The zero-order chi connectivity index (χ0) is 30.3. The first-order valence-electron chi connectivity index (χ1n) is 15.7. The van der Waals surface area contributed by atoms with Gasteiger partial charge in [-0.3, -0.25) is 4.79 Å². The van der Waals surface area contributed by atoms with E-state index in [2.05, 4.69) is 122 Å². The molecule has 0 N–H and O–H groups in total. The van der Waals surface area contributed by atoms with Gasteiger partial charge in [0.25, 0.3) is 0 Å². The molecule has 0 saturated carbocycles. The van der Waals surface area contributed by atoms with E-state index in [4.69, 9.17) is 0 Å². The smallest absolute Gasteiger partial charge is 0.160 e. The van der Waals surface area contributed by atoms with Gasteiger partial charge in [-0.15, -0.1) is 22.7 Å². The number of carbonyl (C=O) groups excluding carboxylic acids is 1. The molecule has 3 heterocycles. The first kappa shape index (κ1) is 26.9. The number of aldehydes is 1.